The lowest BCUT2D eigenvalue weighted by Crippen LogP contribution is -2.30. The van der Waals surface area contributed by atoms with E-state index >= 15 is 0 Å². The number of hydrogen-bond acceptors (Lipinski definition) is 5. The fourth-order valence-electron chi connectivity index (χ4n) is 2.95. The minimum absolute atomic E-state index is 0.0160. The summed E-state index contributed by atoms with van der Waals surface area (Å²) in [6, 6.07) is 9.92. The minimum atomic E-state index is -3.72. The maximum atomic E-state index is 13.0. The third-order valence-electron chi connectivity index (χ3n) is 4.67. The molecule has 3 rings (SSSR count). The van der Waals surface area contributed by atoms with Crippen LogP contribution in [0.5, 0.6) is 11.5 Å². The Balaban J connectivity index is 1.48. The molecule has 1 N–H and O–H groups in total. The number of nitrogens with one attached hydrogen (secondary N) is 1. The Morgan fingerprint density at radius 3 is 2.59 bits per heavy atom. The van der Waals surface area contributed by atoms with E-state index in [0.29, 0.717) is 17.9 Å². The van der Waals surface area contributed by atoms with E-state index in [1.54, 1.807) is 6.07 Å². The molecular weight excluding hydrogens is 399 g/mol. The first-order valence-electron chi connectivity index (χ1n) is 9.18. The number of nitrogens with zero attached hydrogens (tertiary/aromatic N) is 1. The number of hydrogen-bond donors (Lipinski definition) is 1. The lowest BCUT2D eigenvalue weighted by molar-refractivity contribution is -0.121. The van der Waals surface area contributed by atoms with Crippen LogP contribution in [0.1, 0.15) is 31.4 Å². The molecule has 1 aliphatic heterocycles. The largest absolute Gasteiger partial charge is 0.454 e. The summed E-state index contributed by atoms with van der Waals surface area (Å²) in [5.74, 6) is 0.650. The Bertz CT molecular complexity index is 979. The molecule has 0 spiro atoms. The summed E-state index contributed by atoms with van der Waals surface area (Å²) in [4.78, 5) is 12.2. The Morgan fingerprint density at radius 1 is 1.17 bits per heavy atom. The lowest BCUT2D eigenvalue weighted by Gasteiger charge is -2.18. The summed E-state index contributed by atoms with van der Waals surface area (Å²) in [6.07, 6.45) is 0.536. The average Bonchev–Trinajstić information content (AvgIpc) is 3.16. The number of carbonyl (C=O) groups excluding carboxylic acids is 1. The number of ether oxygens (including phenoxy) is 2. The van der Waals surface area contributed by atoms with E-state index in [0.717, 1.165) is 22.0 Å². The van der Waals surface area contributed by atoms with Crippen molar-refractivity contribution in [1.82, 2.24) is 9.62 Å². The number of sulfonamides is 1. The minimum Gasteiger partial charge on any atom is -0.454 e. The molecule has 0 radical (unpaired) electrons. The molecule has 1 atom stereocenters. The molecule has 0 bridgehead atoms. The van der Waals surface area contributed by atoms with E-state index in [1.807, 2.05) is 19.1 Å². The topological polar surface area (TPSA) is 84.9 Å². The lowest BCUT2D eigenvalue weighted by atomic mass is 10.1. The van der Waals surface area contributed by atoms with Gasteiger partial charge in [-0.2, -0.15) is 0 Å². The molecule has 0 saturated heterocycles. The Kier molecular flexibility index (Phi) is 6.39. The van der Waals surface area contributed by atoms with Crippen molar-refractivity contribution in [1.29, 1.82) is 0 Å². The van der Waals surface area contributed by atoms with E-state index < -0.39 is 15.8 Å². The van der Waals surface area contributed by atoms with Crippen LogP contribution in [0.3, 0.4) is 0 Å². The molecule has 0 aliphatic carbocycles. The van der Waals surface area contributed by atoms with Crippen LogP contribution in [0.2, 0.25) is 0 Å². The average molecular weight is 422 g/mol. The third-order valence-corrected chi connectivity index (χ3v) is 6.54. The summed E-state index contributed by atoms with van der Waals surface area (Å²) < 4.78 is 49.7. The Morgan fingerprint density at radius 2 is 1.86 bits per heavy atom. The Hall–Kier alpha value is -2.65. The normalized spacial score (nSPS) is 14.1. The van der Waals surface area contributed by atoms with Crippen LogP contribution in [0.25, 0.3) is 0 Å². The first-order valence-corrected chi connectivity index (χ1v) is 10.6. The maximum Gasteiger partial charge on any atom is 0.242 e. The van der Waals surface area contributed by atoms with Crippen LogP contribution >= 0.6 is 0 Å². The van der Waals surface area contributed by atoms with Gasteiger partial charge >= 0.3 is 0 Å². The van der Waals surface area contributed by atoms with Gasteiger partial charge in [-0.15, -0.1) is 0 Å². The molecule has 0 aromatic heterocycles. The van der Waals surface area contributed by atoms with Gasteiger partial charge in [0.2, 0.25) is 22.7 Å². The zero-order chi connectivity index (χ0) is 21.0. The van der Waals surface area contributed by atoms with Crippen molar-refractivity contribution in [2.75, 3.05) is 20.4 Å². The van der Waals surface area contributed by atoms with Crippen LogP contribution in [0, 0.1) is 5.82 Å². The zero-order valence-electron chi connectivity index (χ0n) is 16.2. The summed E-state index contributed by atoms with van der Waals surface area (Å²) in [5.41, 5.74) is 0.888. The number of halogens is 1. The second kappa shape index (κ2) is 8.79. The molecule has 7 nitrogen and oxygen atoms in total. The van der Waals surface area contributed by atoms with E-state index in [9.17, 15) is 17.6 Å². The van der Waals surface area contributed by atoms with Gasteiger partial charge in [0.15, 0.2) is 11.5 Å². The van der Waals surface area contributed by atoms with Gasteiger partial charge in [0.25, 0.3) is 0 Å². The Labute approximate surface area is 169 Å². The molecule has 2 aromatic rings. The summed E-state index contributed by atoms with van der Waals surface area (Å²) >= 11 is 0. The number of carbonyl (C=O) groups is 1. The van der Waals surface area contributed by atoms with Gasteiger partial charge in [0.05, 0.1) is 10.9 Å². The van der Waals surface area contributed by atoms with Crippen LogP contribution in [0.15, 0.2) is 47.4 Å². The van der Waals surface area contributed by atoms with E-state index in [2.05, 4.69) is 5.32 Å². The van der Waals surface area contributed by atoms with Crippen LogP contribution < -0.4 is 14.8 Å². The van der Waals surface area contributed by atoms with Gasteiger partial charge in [0, 0.05) is 20.0 Å². The fourth-order valence-corrected chi connectivity index (χ4v) is 4.16. The number of amides is 1. The van der Waals surface area contributed by atoms with E-state index in [1.165, 1.54) is 19.2 Å². The van der Waals surface area contributed by atoms with Crippen LogP contribution in [-0.2, 0) is 14.8 Å². The van der Waals surface area contributed by atoms with Gasteiger partial charge < -0.3 is 14.8 Å². The highest BCUT2D eigenvalue weighted by molar-refractivity contribution is 7.89. The van der Waals surface area contributed by atoms with E-state index in [-0.39, 0.29) is 36.6 Å². The van der Waals surface area contributed by atoms with Crippen molar-refractivity contribution in [3.63, 3.8) is 0 Å². The van der Waals surface area contributed by atoms with Crippen LogP contribution in [-0.4, -0.2) is 39.0 Å². The highest BCUT2D eigenvalue weighted by Gasteiger charge is 2.21. The van der Waals surface area contributed by atoms with Gasteiger partial charge in [-0.25, -0.2) is 17.1 Å². The molecule has 156 valence electrons. The first kappa shape index (κ1) is 21.1. The van der Waals surface area contributed by atoms with Gasteiger partial charge in [-0.3, -0.25) is 4.79 Å². The van der Waals surface area contributed by atoms with Gasteiger partial charge in [-0.1, -0.05) is 6.07 Å². The molecule has 0 unspecified atom stereocenters. The molecule has 1 heterocycles. The van der Waals surface area contributed by atoms with Crippen molar-refractivity contribution < 1.29 is 27.1 Å². The van der Waals surface area contributed by atoms with Crippen molar-refractivity contribution in [2.24, 2.45) is 0 Å². The quantitative estimate of drug-likeness (QED) is 0.707. The smallest absolute Gasteiger partial charge is 0.242 e. The van der Waals surface area contributed by atoms with E-state index in [4.69, 9.17) is 9.47 Å². The second-order valence-electron chi connectivity index (χ2n) is 6.79. The van der Waals surface area contributed by atoms with Crippen LogP contribution in [0.4, 0.5) is 4.39 Å². The zero-order valence-corrected chi connectivity index (χ0v) is 17.0. The molecule has 1 aliphatic rings. The SMILES string of the molecule is C[C@H](NC(=O)CCCN(C)S(=O)(=O)c1ccc(F)cc1)c1ccc2c(c1)OCO2. The highest BCUT2D eigenvalue weighted by Crippen LogP contribution is 2.34. The standard InChI is InChI=1S/C20H23FN2O5S/c1-14(15-5-10-18-19(12-15)28-13-27-18)22-20(24)4-3-11-23(2)29(25,26)17-8-6-16(21)7-9-17/h5-10,12,14H,3-4,11,13H2,1-2H3,(H,22,24)/t14-/m0/s1. The van der Waals surface area contributed by atoms with Gasteiger partial charge in [-0.05, 0) is 55.3 Å². The third kappa shape index (κ3) is 5.04. The van der Waals surface area contributed by atoms with Crippen molar-refractivity contribution in [3.05, 3.63) is 53.8 Å². The second-order valence-corrected chi connectivity index (χ2v) is 8.83. The molecule has 1 amide bonds. The molecule has 29 heavy (non-hydrogen) atoms. The predicted molar refractivity (Wildman–Crippen MR) is 105 cm³/mol. The molecular formula is C20H23FN2O5S. The summed E-state index contributed by atoms with van der Waals surface area (Å²) in [5, 5.41) is 2.89. The maximum absolute atomic E-state index is 13.0. The van der Waals surface area contributed by atoms with Crippen molar-refractivity contribution in [2.45, 2.75) is 30.7 Å². The van der Waals surface area contributed by atoms with Crippen molar-refractivity contribution in [3.8, 4) is 11.5 Å². The highest BCUT2D eigenvalue weighted by atomic mass is 32.2. The molecule has 0 fully saturated rings. The number of fused-ring (bicyclic) bond motifs is 1. The number of benzene rings is 2. The first-order chi connectivity index (χ1) is 13.8. The predicted octanol–water partition coefficient (Wildman–Crippen LogP) is 2.83. The van der Waals surface area contributed by atoms with Crippen molar-refractivity contribution >= 4 is 15.9 Å². The number of rotatable bonds is 8. The molecule has 9 heteroatoms. The molecule has 2 aromatic carbocycles. The van der Waals surface area contributed by atoms with Gasteiger partial charge in [0.1, 0.15) is 5.82 Å². The fraction of sp³-hybridized carbons (Fsp3) is 0.350. The monoisotopic (exact) mass is 422 g/mol. The summed E-state index contributed by atoms with van der Waals surface area (Å²) in [6.45, 7) is 2.22. The summed E-state index contributed by atoms with van der Waals surface area (Å²) in [7, 11) is -2.28. The molecule has 0 saturated carbocycles.